The zero-order chi connectivity index (χ0) is 13.4. The first-order valence-electron chi connectivity index (χ1n) is 6.98. The van der Waals surface area contributed by atoms with Gasteiger partial charge in [-0.15, -0.1) is 0 Å². The fraction of sp³-hybridized carbons (Fsp3) is 0.643. The summed E-state index contributed by atoms with van der Waals surface area (Å²) in [4.78, 5) is 22.9. The molecular formula is C14H20N4O. The van der Waals surface area contributed by atoms with Gasteiger partial charge in [-0.1, -0.05) is 0 Å². The van der Waals surface area contributed by atoms with Gasteiger partial charge in [-0.3, -0.25) is 4.79 Å². The SMILES string of the molecule is Cc1ncc(C(=O)N2C[C@@H]3CCCN[C@@H]3C2)c(C)n1. The number of hydrogen-bond donors (Lipinski definition) is 1. The van der Waals surface area contributed by atoms with Gasteiger partial charge >= 0.3 is 0 Å². The Morgan fingerprint density at radius 3 is 3.00 bits per heavy atom. The standard InChI is InChI=1S/C14H20N4O/c1-9-12(6-16-10(2)17-9)14(19)18-7-11-4-3-5-15-13(11)8-18/h6,11,13,15H,3-5,7-8H2,1-2H3/t11-,13+/m0/s1. The minimum absolute atomic E-state index is 0.0775. The average molecular weight is 260 g/mol. The summed E-state index contributed by atoms with van der Waals surface area (Å²) in [5.74, 6) is 1.41. The van der Waals surface area contributed by atoms with Crippen molar-refractivity contribution in [1.82, 2.24) is 20.2 Å². The zero-order valence-electron chi connectivity index (χ0n) is 11.5. The molecular weight excluding hydrogens is 240 g/mol. The average Bonchev–Trinajstić information content (AvgIpc) is 2.81. The third-order valence-electron chi connectivity index (χ3n) is 4.22. The molecule has 2 saturated heterocycles. The summed E-state index contributed by atoms with van der Waals surface area (Å²) in [5, 5.41) is 3.52. The van der Waals surface area contributed by atoms with Gasteiger partial charge in [0.15, 0.2) is 0 Å². The van der Waals surface area contributed by atoms with Crippen LogP contribution in [0.2, 0.25) is 0 Å². The summed E-state index contributed by atoms with van der Waals surface area (Å²) < 4.78 is 0. The van der Waals surface area contributed by atoms with Crippen molar-refractivity contribution in [2.45, 2.75) is 32.7 Å². The van der Waals surface area contributed by atoms with Crippen LogP contribution >= 0.6 is 0 Å². The Kier molecular flexibility index (Phi) is 3.22. The third kappa shape index (κ3) is 2.34. The van der Waals surface area contributed by atoms with Crippen LogP contribution in [0, 0.1) is 19.8 Å². The number of nitrogens with zero attached hydrogens (tertiary/aromatic N) is 3. The van der Waals surface area contributed by atoms with Crippen molar-refractivity contribution in [3.8, 4) is 0 Å². The number of carbonyl (C=O) groups excluding carboxylic acids is 1. The van der Waals surface area contributed by atoms with Gasteiger partial charge in [-0.05, 0) is 39.2 Å². The first kappa shape index (κ1) is 12.5. The van der Waals surface area contributed by atoms with Crippen LogP contribution in [0.3, 0.4) is 0 Å². The minimum Gasteiger partial charge on any atom is -0.337 e. The van der Waals surface area contributed by atoms with Crippen LogP contribution in [0.4, 0.5) is 0 Å². The second-order valence-corrected chi connectivity index (χ2v) is 5.59. The van der Waals surface area contributed by atoms with E-state index in [4.69, 9.17) is 0 Å². The number of likely N-dealkylation sites (tertiary alicyclic amines) is 1. The Hall–Kier alpha value is -1.49. The van der Waals surface area contributed by atoms with E-state index in [1.54, 1.807) is 6.20 Å². The maximum atomic E-state index is 12.5. The number of hydrogen-bond acceptors (Lipinski definition) is 4. The lowest BCUT2D eigenvalue weighted by Gasteiger charge is -2.24. The van der Waals surface area contributed by atoms with Crippen molar-refractivity contribution >= 4 is 5.91 Å². The number of aryl methyl sites for hydroxylation is 2. The largest absolute Gasteiger partial charge is 0.337 e. The lowest BCUT2D eigenvalue weighted by Crippen LogP contribution is -2.41. The van der Waals surface area contributed by atoms with Crippen LogP contribution in [0.15, 0.2) is 6.20 Å². The quantitative estimate of drug-likeness (QED) is 0.815. The van der Waals surface area contributed by atoms with Crippen molar-refractivity contribution < 1.29 is 4.79 Å². The fourth-order valence-electron chi connectivity index (χ4n) is 3.18. The lowest BCUT2D eigenvalue weighted by molar-refractivity contribution is 0.0784. The summed E-state index contributed by atoms with van der Waals surface area (Å²) in [6.07, 6.45) is 4.11. The zero-order valence-corrected chi connectivity index (χ0v) is 11.5. The number of rotatable bonds is 1. The van der Waals surface area contributed by atoms with E-state index in [-0.39, 0.29) is 5.91 Å². The molecule has 2 atom stereocenters. The van der Waals surface area contributed by atoms with E-state index in [1.807, 2.05) is 18.7 Å². The monoisotopic (exact) mass is 260 g/mol. The Morgan fingerprint density at radius 1 is 1.42 bits per heavy atom. The molecule has 0 unspecified atom stereocenters. The predicted octanol–water partition coefficient (Wildman–Crippen LogP) is 0.917. The highest BCUT2D eigenvalue weighted by Crippen LogP contribution is 2.26. The van der Waals surface area contributed by atoms with Crippen LogP contribution in [-0.4, -0.2) is 46.5 Å². The molecule has 1 amide bonds. The van der Waals surface area contributed by atoms with E-state index >= 15 is 0 Å². The summed E-state index contributed by atoms with van der Waals surface area (Å²) >= 11 is 0. The predicted molar refractivity (Wildman–Crippen MR) is 71.9 cm³/mol. The van der Waals surface area contributed by atoms with Crippen molar-refractivity contribution in [3.63, 3.8) is 0 Å². The van der Waals surface area contributed by atoms with Crippen LogP contribution in [0.5, 0.6) is 0 Å². The van der Waals surface area contributed by atoms with E-state index in [0.717, 1.165) is 25.3 Å². The maximum Gasteiger partial charge on any atom is 0.257 e. The smallest absolute Gasteiger partial charge is 0.257 e. The van der Waals surface area contributed by atoms with Gasteiger partial charge in [0, 0.05) is 25.3 Å². The lowest BCUT2D eigenvalue weighted by atomic mass is 9.94. The van der Waals surface area contributed by atoms with E-state index in [9.17, 15) is 4.79 Å². The summed E-state index contributed by atoms with van der Waals surface area (Å²) in [7, 11) is 0. The number of aromatic nitrogens is 2. The van der Waals surface area contributed by atoms with Crippen LogP contribution in [-0.2, 0) is 0 Å². The molecule has 0 radical (unpaired) electrons. The summed E-state index contributed by atoms with van der Waals surface area (Å²) in [6.45, 7) is 6.48. The van der Waals surface area contributed by atoms with E-state index in [0.29, 0.717) is 23.3 Å². The maximum absolute atomic E-state index is 12.5. The first-order valence-corrected chi connectivity index (χ1v) is 6.98. The van der Waals surface area contributed by atoms with Crippen molar-refractivity contribution in [2.24, 2.45) is 5.92 Å². The molecule has 3 rings (SSSR count). The molecule has 2 aliphatic heterocycles. The topological polar surface area (TPSA) is 58.1 Å². The summed E-state index contributed by atoms with van der Waals surface area (Å²) in [6, 6.07) is 0.476. The molecule has 2 aliphatic rings. The van der Waals surface area contributed by atoms with Gasteiger partial charge in [0.2, 0.25) is 0 Å². The van der Waals surface area contributed by atoms with Gasteiger partial charge in [0.05, 0.1) is 11.3 Å². The molecule has 1 aromatic heterocycles. The van der Waals surface area contributed by atoms with Gasteiger partial charge in [-0.25, -0.2) is 9.97 Å². The molecule has 102 valence electrons. The number of nitrogens with one attached hydrogen (secondary N) is 1. The molecule has 19 heavy (non-hydrogen) atoms. The number of fused-ring (bicyclic) bond motifs is 1. The Balaban J connectivity index is 1.77. The van der Waals surface area contributed by atoms with Gasteiger partial charge in [0.25, 0.3) is 5.91 Å². The Morgan fingerprint density at radius 2 is 2.26 bits per heavy atom. The number of piperidine rings is 1. The first-order chi connectivity index (χ1) is 9.15. The second-order valence-electron chi connectivity index (χ2n) is 5.59. The van der Waals surface area contributed by atoms with Gasteiger partial charge in [0.1, 0.15) is 5.82 Å². The Bertz CT molecular complexity index is 488. The molecule has 5 heteroatoms. The van der Waals surface area contributed by atoms with Gasteiger partial charge in [-0.2, -0.15) is 0 Å². The highest BCUT2D eigenvalue weighted by Gasteiger charge is 2.37. The molecule has 1 aromatic rings. The third-order valence-corrected chi connectivity index (χ3v) is 4.22. The molecule has 3 heterocycles. The van der Waals surface area contributed by atoms with Crippen molar-refractivity contribution in [3.05, 3.63) is 23.3 Å². The van der Waals surface area contributed by atoms with E-state index in [1.165, 1.54) is 12.8 Å². The molecule has 0 aliphatic carbocycles. The fourth-order valence-corrected chi connectivity index (χ4v) is 3.18. The van der Waals surface area contributed by atoms with Crippen LogP contribution in [0.1, 0.15) is 34.7 Å². The Labute approximate surface area is 113 Å². The van der Waals surface area contributed by atoms with Crippen LogP contribution < -0.4 is 5.32 Å². The number of carbonyl (C=O) groups is 1. The molecule has 0 bridgehead atoms. The highest BCUT2D eigenvalue weighted by molar-refractivity contribution is 5.95. The van der Waals surface area contributed by atoms with E-state index < -0.39 is 0 Å². The van der Waals surface area contributed by atoms with Crippen LogP contribution in [0.25, 0.3) is 0 Å². The number of amides is 1. The van der Waals surface area contributed by atoms with E-state index in [2.05, 4.69) is 15.3 Å². The minimum atomic E-state index is 0.0775. The molecule has 2 fully saturated rings. The molecule has 0 saturated carbocycles. The highest BCUT2D eigenvalue weighted by atomic mass is 16.2. The molecule has 1 N–H and O–H groups in total. The van der Waals surface area contributed by atoms with Gasteiger partial charge < -0.3 is 10.2 Å². The van der Waals surface area contributed by atoms with Crippen molar-refractivity contribution in [2.75, 3.05) is 19.6 Å². The van der Waals surface area contributed by atoms with Crippen molar-refractivity contribution in [1.29, 1.82) is 0 Å². The molecule has 5 nitrogen and oxygen atoms in total. The normalized spacial score (nSPS) is 26.3. The second kappa shape index (κ2) is 4.89. The summed E-state index contributed by atoms with van der Waals surface area (Å²) in [5.41, 5.74) is 1.42. The molecule has 0 spiro atoms. The molecule has 0 aromatic carbocycles.